The van der Waals surface area contributed by atoms with Crippen molar-refractivity contribution in [3.8, 4) is 0 Å². The van der Waals surface area contributed by atoms with Gasteiger partial charge in [-0.3, -0.25) is 4.79 Å². The van der Waals surface area contributed by atoms with Gasteiger partial charge in [0.25, 0.3) is 5.91 Å². The van der Waals surface area contributed by atoms with Gasteiger partial charge in [0.15, 0.2) is 0 Å². The summed E-state index contributed by atoms with van der Waals surface area (Å²) >= 11 is 0. The number of aryl methyl sites for hydroxylation is 1. The van der Waals surface area contributed by atoms with E-state index in [1.54, 1.807) is 0 Å². The summed E-state index contributed by atoms with van der Waals surface area (Å²) < 4.78 is 0. The Bertz CT molecular complexity index is 455. The fourth-order valence-corrected chi connectivity index (χ4v) is 2.47. The van der Waals surface area contributed by atoms with E-state index in [2.05, 4.69) is 17.3 Å². The van der Waals surface area contributed by atoms with Crippen molar-refractivity contribution < 1.29 is 9.90 Å². The van der Waals surface area contributed by atoms with Crippen LogP contribution in [0.5, 0.6) is 0 Å². The van der Waals surface area contributed by atoms with Crippen molar-refractivity contribution in [3.63, 3.8) is 0 Å². The molecule has 2 N–H and O–H groups in total. The molecule has 1 amide bonds. The van der Waals surface area contributed by atoms with Gasteiger partial charge in [-0.15, -0.1) is 0 Å². The monoisotopic (exact) mass is 262 g/mol. The van der Waals surface area contributed by atoms with Crippen LogP contribution in [0, 0.1) is 0 Å². The molecule has 0 aliphatic carbocycles. The van der Waals surface area contributed by atoms with Crippen LogP contribution in [0.2, 0.25) is 0 Å². The highest BCUT2D eigenvalue weighted by molar-refractivity contribution is 5.95. The first kappa shape index (κ1) is 13.9. The second-order valence-electron chi connectivity index (χ2n) is 5.13. The van der Waals surface area contributed by atoms with E-state index in [1.165, 1.54) is 11.3 Å². The van der Waals surface area contributed by atoms with Gasteiger partial charge in [-0.1, -0.05) is 6.92 Å². The van der Waals surface area contributed by atoms with Gasteiger partial charge >= 0.3 is 0 Å². The summed E-state index contributed by atoms with van der Waals surface area (Å²) in [6, 6.07) is 5.69. The van der Waals surface area contributed by atoms with Crippen molar-refractivity contribution in [2.24, 2.45) is 0 Å². The Morgan fingerprint density at radius 3 is 3.00 bits per heavy atom. The molecule has 0 saturated carbocycles. The average molecular weight is 262 g/mol. The number of benzene rings is 1. The van der Waals surface area contributed by atoms with Crippen LogP contribution in [-0.2, 0) is 6.42 Å². The summed E-state index contributed by atoms with van der Waals surface area (Å²) in [5.41, 5.74) is 3.14. The van der Waals surface area contributed by atoms with Crippen molar-refractivity contribution in [3.05, 3.63) is 29.3 Å². The SMILES string of the molecule is CCC(CO)NC(=O)c1ccc2c(c1)CCCN2C. The van der Waals surface area contributed by atoms with Crippen LogP contribution in [0.3, 0.4) is 0 Å². The molecule has 4 nitrogen and oxygen atoms in total. The molecule has 0 fully saturated rings. The molecule has 1 heterocycles. The van der Waals surface area contributed by atoms with Crippen molar-refractivity contribution in [1.82, 2.24) is 5.32 Å². The fourth-order valence-electron chi connectivity index (χ4n) is 2.47. The molecular weight excluding hydrogens is 240 g/mol. The molecule has 0 radical (unpaired) electrons. The van der Waals surface area contributed by atoms with Gasteiger partial charge in [-0.25, -0.2) is 0 Å². The lowest BCUT2D eigenvalue weighted by Crippen LogP contribution is -2.37. The molecule has 19 heavy (non-hydrogen) atoms. The molecule has 1 aliphatic heterocycles. The maximum atomic E-state index is 12.1. The Kier molecular flexibility index (Phi) is 4.43. The molecule has 104 valence electrons. The van der Waals surface area contributed by atoms with E-state index >= 15 is 0 Å². The zero-order valence-electron chi connectivity index (χ0n) is 11.6. The maximum Gasteiger partial charge on any atom is 0.251 e. The van der Waals surface area contributed by atoms with Gasteiger partial charge in [0.05, 0.1) is 12.6 Å². The van der Waals surface area contributed by atoms with Crippen molar-refractivity contribution in [2.45, 2.75) is 32.2 Å². The predicted molar refractivity (Wildman–Crippen MR) is 76.7 cm³/mol. The Hall–Kier alpha value is -1.55. The number of anilines is 1. The van der Waals surface area contributed by atoms with Crippen LogP contribution >= 0.6 is 0 Å². The zero-order chi connectivity index (χ0) is 13.8. The second kappa shape index (κ2) is 6.06. The topological polar surface area (TPSA) is 52.6 Å². The van der Waals surface area contributed by atoms with Gasteiger partial charge in [-0.2, -0.15) is 0 Å². The lowest BCUT2D eigenvalue weighted by Gasteiger charge is -2.27. The lowest BCUT2D eigenvalue weighted by atomic mass is 9.99. The number of hydrogen-bond donors (Lipinski definition) is 2. The fraction of sp³-hybridized carbons (Fsp3) is 0.533. The highest BCUT2D eigenvalue weighted by Gasteiger charge is 2.17. The number of nitrogens with zero attached hydrogens (tertiary/aromatic N) is 1. The number of carbonyl (C=O) groups excluding carboxylic acids is 1. The summed E-state index contributed by atoms with van der Waals surface area (Å²) in [5, 5.41) is 12.0. The van der Waals surface area contributed by atoms with E-state index in [4.69, 9.17) is 5.11 Å². The number of carbonyl (C=O) groups is 1. The van der Waals surface area contributed by atoms with Crippen LogP contribution in [-0.4, -0.2) is 37.3 Å². The summed E-state index contributed by atoms with van der Waals surface area (Å²) in [6.07, 6.45) is 2.89. The van der Waals surface area contributed by atoms with E-state index in [0.29, 0.717) is 5.56 Å². The Morgan fingerprint density at radius 1 is 1.53 bits per heavy atom. The smallest absolute Gasteiger partial charge is 0.251 e. The van der Waals surface area contributed by atoms with Gasteiger partial charge in [0.2, 0.25) is 0 Å². The van der Waals surface area contributed by atoms with E-state index in [-0.39, 0.29) is 18.6 Å². The third-order valence-electron chi connectivity index (χ3n) is 3.74. The largest absolute Gasteiger partial charge is 0.394 e. The van der Waals surface area contributed by atoms with Crippen LogP contribution in [0.1, 0.15) is 35.7 Å². The number of hydrogen-bond acceptors (Lipinski definition) is 3. The normalized spacial score (nSPS) is 15.8. The Balaban J connectivity index is 2.15. The third-order valence-corrected chi connectivity index (χ3v) is 3.74. The summed E-state index contributed by atoms with van der Waals surface area (Å²) in [7, 11) is 2.08. The highest BCUT2D eigenvalue weighted by atomic mass is 16.3. The number of aliphatic hydroxyl groups is 1. The summed E-state index contributed by atoms with van der Waals surface area (Å²) in [6.45, 7) is 3.00. The molecule has 0 aromatic heterocycles. The minimum atomic E-state index is -0.161. The first-order valence-corrected chi connectivity index (χ1v) is 6.91. The van der Waals surface area contributed by atoms with Crippen molar-refractivity contribution in [1.29, 1.82) is 0 Å². The first-order valence-electron chi connectivity index (χ1n) is 6.91. The van der Waals surface area contributed by atoms with Gasteiger partial charge in [0, 0.05) is 24.8 Å². The second-order valence-corrected chi connectivity index (χ2v) is 5.13. The molecule has 2 rings (SSSR count). The van der Waals surface area contributed by atoms with E-state index in [1.807, 2.05) is 25.1 Å². The first-order chi connectivity index (χ1) is 9.15. The van der Waals surface area contributed by atoms with Crippen LogP contribution < -0.4 is 10.2 Å². The van der Waals surface area contributed by atoms with Gasteiger partial charge in [-0.05, 0) is 43.0 Å². The standard InChI is InChI=1S/C15H22N2O2/c1-3-13(10-18)16-15(19)12-6-7-14-11(9-12)5-4-8-17(14)2/h6-7,9,13,18H,3-5,8,10H2,1-2H3,(H,16,19). The molecular formula is C15H22N2O2. The number of aliphatic hydroxyl groups excluding tert-OH is 1. The summed E-state index contributed by atoms with van der Waals surface area (Å²) in [5.74, 6) is -0.100. The van der Waals surface area contributed by atoms with Gasteiger partial charge in [0.1, 0.15) is 0 Å². The van der Waals surface area contributed by atoms with Crippen molar-refractivity contribution in [2.75, 3.05) is 25.1 Å². The molecule has 1 atom stereocenters. The quantitative estimate of drug-likeness (QED) is 0.866. The Morgan fingerprint density at radius 2 is 2.32 bits per heavy atom. The molecule has 1 aliphatic rings. The predicted octanol–water partition coefficient (Wildman–Crippen LogP) is 1.57. The Labute approximate surface area is 114 Å². The third kappa shape index (κ3) is 3.07. The van der Waals surface area contributed by atoms with Crippen LogP contribution in [0.4, 0.5) is 5.69 Å². The number of fused-ring (bicyclic) bond motifs is 1. The minimum absolute atomic E-state index is 0.0179. The molecule has 4 heteroatoms. The molecule has 1 unspecified atom stereocenters. The zero-order valence-corrected chi connectivity index (χ0v) is 11.6. The number of amides is 1. The number of nitrogens with one attached hydrogen (secondary N) is 1. The molecule has 0 saturated heterocycles. The molecule has 0 spiro atoms. The van der Waals surface area contributed by atoms with Crippen LogP contribution in [0.25, 0.3) is 0 Å². The molecule has 0 bridgehead atoms. The number of rotatable bonds is 4. The summed E-state index contributed by atoms with van der Waals surface area (Å²) in [4.78, 5) is 14.3. The van der Waals surface area contributed by atoms with Crippen LogP contribution in [0.15, 0.2) is 18.2 Å². The average Bonchev–Trinajstić information content (AvgIpc) is 2.44. The minimum Gasteiger partial charge on any atom is -0.394 e. The van der Waals surface area contributed by atoms with E-state index in [0.717, 1.165) is 25.8 Å². The van der Waals surface area contributed by atoms with Gasteiger partial charge < -0.3 is 15.3 Å². The molecule has 1 aromatic carbocycles. The van der Waals surface area contributed by atoms with Crippen molar-refractivity contribution >= 4 is 11.6 Å². The molecule has 1 aromatic rings. The van der Waals surface area contributed by atoms with E-state index in [9.17, 15) is 4.79 Å². The maximum absolute atomic E-state index is 12.1. The highest BCUT2D eigenvalue weighted by Crippen LogP contribution is 2.26. The van der Waals surface area contributed by atoms with E-state index < -0.39 is 0 Å². The lowest BCUT2D eigenvalue weighted by molar-refractivity contribution is 0.0915.